The Morgan fingerprint density at radius 2 is 1.73 bits per heavy atom. The Morgan fingerprint density at radius 1 is 1.08 bits per heavy atom. The van der Waals surface area contributed by atoms with Crippen LogP contribution in [0.15, 0.2) is 41.2 Å². The van der Waals surface area contributed by atoms with Crippen LogP contribution >= 0.6 is 0 Å². The van der Waals surface area contributed by atoms with Crippen LogP contribution in [0.5, 0.6) is 0 Å². The Balaban J connectivity index is 1.90. The number of halogens is 1. The Hall–Kier alpha value is -3.03. The summed E-state index contributed by atoms with van der Waals surface area (Å²) in [6, 6.07) is 7.65. The maximum Gasteiger partial charge on any atom is 0.272 e. The van der Waals surface area contributed by atoms with Crippen molar-refractivity contribution in [3.63, 3.8) is 0 Å². The highest BCUT2D eigenvalue weighted by atomic mass is 19.1. The molecule has 2 aromatic rings. The van der Waals surface area contributed by atoms with E-state index < -0.39 is 28.7 Å². The van der Waals surface area contributed by atoms with Crippen LogP contribution in [0.4, 0.5) is 4.39 Å². The maximum absolute atomic E-state index is 13.1. The third-order valence-corrected chi connectivity index (χ3v) is 4.64. The van der Waals surface area contributed by atoms with E-state index in [1.165, 1.54) is 36.4 Å². The first-order valence-corrected chi connectivity index (χ1v) is 8.40. The van der Waals surface area contributed by atoms with Crippen molar-refractivity contribution in [2.24, 2.45) is 5.73 Å². The molecule has 0 saturated heterocycles. The molecule has 1 fully saturated rings. The first kappa shape index (κ1) is 17.8. The Bertz CT molecular complexity index is 886. The number of nitrogens with two attached hydrogens (primary N) is 1. The molecule has 1 saturated carbocycles. The minimum atomic E-state index is -1.09. The van der Waals surface area contributed by atoms with E-state index in [1.54, 1.807) is 0 Å². The lowest BCUT2D eigenvalue weighted by Gasteiger charge is -2.34. The summed E-state index contributed by atoms with van der Waals surface area (Å²) in [6.45, 7) is 0. The molecular weight excluding hydrogens is 339 g/mol. The molecule has 0 unspecified atom stereocenters. The molecule has 0 atom stereocenters. The van der Waals surface area contributed by atoms with Gasteiger partial charge >= 0.3 is 0 Å². The zero-order valence-electron chi connectivity index (χ0n) is 14.1. The number of aromatic nitrogens is 2. The molecule has 0 spiro atoms. The monoisotopic (exact) mass is 358 g/mol. The van der Waals surface area contributed by atoms with Crippen LogP contribution in [0.3, 0.4) is 0 Å². The van der Waals surface area contributed by atoms with Gasteiger partial charge in [0, 0.05) is 6.07 Å². The Morgan fingerprint density at radius 3 is 2.35 bits per heavy atom. The van der Waals surface area contributed by atoms with E-state index >= 15 is 0 Å². The minimum Gasteiger partial charge on any atom is -0.368 e. The van der Waals surface area contributed by atoms with Gasteiger partial charge in [-0.2, -0.15) is 9.78 Å². The molecule has 1 aromatic carbocycles. The van der Waals surface area contributed by atoms with Crippen molar-refractivity contribution < 1.29 is 14.0 Å². The third kappa shape index (κ3) is 3.49. The smallest absolute Gasteiger partial charge is 0.272 e. The largest absolute Gasteiger partial charge is 0.368 e. The van der Waals surface area contributed by atoms with Crippen molar-refractivity contribution in [1.82, 2.24) is 15.1 Å². The lowest BCUT2D eigenvalue weighted by molar-refractivity contribution is -0.125. The van der Waals surface area contributed by atoms with Crippen molar-refractivity contribution in [2.75, 3.05) is 0 Å². The van der Waals surface area contributed by atoms with Crippen molar-refractivity contribution in [1.29, 1.82) is 0 Å². The van der Waals surface area contributed by atoms with Gasteiger partial charge < -0.3 is 11.1 Å². The lowest BCUT2D eigenvalue weighted by atomic mass is 9.81. The van der Waals surface area contributed by atoms with Gasteiger partial charge in [0.05, 0.1) is 5.69 Å². The first-order valence-electron chi connectivity index (χ1n) is 8.40. The number of amides is 2. The predicted octanol–water partition coefficient (Wildman–Crippen LogP) is 1.29. The van der Waals surface area contributed by atoms with Crippen LogP contribution in [-0.2, 0) is 4.79 Å². The summed E-state index contributed by atoms with van der Waals surface area (Å²) in [7, 11) is 0. The molecule has 8 heteroatoms. The molecule has 26 heavy (non-hydrogen) atoms. The number of rotatable bonds is 4. The topological polar surface area (TPSA) is 107 Å². The molecule has 3 rings (SSSR count). The number of nitrogens with zero attached hydrogens (tertiary/aromatic N) is 2. The second kappa shape index (κ2) is 7.07. The molecule has 1 heterocycles. The van der Waals surface area contributed by atoms with Gasteiger partial charge in [-0.15, -0.1) is 0 Å². The molecular formula is C18H19FN4O3. The molecule has 1 aromatic heterocycles. The van der Waals surface area contributed by atoms with Gasteiger partial charge in [-0.25, -0.2) is 4.39 Å². The van der Waals surface area contributed by atoms with E-state index in [0.717, 1.165) is 23.9 Å². The molecule has 7 nitrogen and oxygen atoms in total. The summed E-state index contributed by atoms with van der Waals surface area (Å²) in [4.78, 5) is 36.6. The van der Waals surface area contributed by atoms with Crippen molar-refractivity contribution in [3.05, 3.63) is 58.3 Å². The van der Waals surface area contributed by atoms with Crippen molar-refractivity contribution in [2.45, 2.75) is 37.6 Å². The highest BCUT2D eigenvalue weighted by Gasteiger charge is 2.39. The average Bonchev–Trinajstić information content (AvgIpc) is 2.63. The summed E-state index contributed by atoms with van der Waals surface area (Å²) in [6.07, 6.45) is 3.54. The number of carbonyl (C=O) groups is 2. The third-order valence-electron chi connectivity index (χ3n) is 4.64. The first-order chi connectivity index (χ1) is 12.4. The molecule has 0 aliphatic heterocycles. The quantitative estimate of drug-likeness (QED) is 0.859. The van der Waals surface area contributed by atoms with Gasteiger partial charge in [-0.3, -0.25) is 14.4 Å². The van der Waals surface area contributed by atoms with Crippen molar-refractivity contribution >= 4 is 11.8 Å². The summed E-state index contributed by atoms with van der Waals surface area (Å²) in [5.41, 5.74) is 4.27. The Labute approximate surface area is 149 Å². The second-order valence-corrected chi connectivity index (χ2v) is 6.41. The average molecular weight is 358 g/mol. The van der Waals surface area contributed by atoms with Crippen LogP contribution in [0.2, 0.25) is 0 Å². The molecule has 3 N–H and O–H groups in total. The van der Waals surface area contributed by atoms with Crippen LogP contribution < -0.4 is 16.6 Å². The lowest BCUT2D eigenvalue weighted by Crippen LogP contribution is -2.58. The predicted molar refractivity (Wildman–Crippen MR) is 92.3 cm³/mol. The van der Waals surface area contributed by atoms with Crippen LogP contribution in [0, 0.1) is 5.82 Å². The molecule has 2 amide bonds. The summed E-state index contributed by atoms with van der Waals surface area (Å²) < 4.78 is 14.1. The van der Waals surface area contributed by atoms with Gasteiger partial charge in [-0.1, -0.05) is 19.3 Å². The van der Waals surface area contributed by atoms with E-state index in [0.29, 0.717) is 18.5 Å². The number of primary amides is 1. The van der Waals surface area contributed by atoms with E-state index in [1.807, 2.05) is 0 Å². The fourth-order valence-electron chi connectivity index (χ4n) is 3.17. The van der Waals surface area contributed by atoms with Gasteiger partial charge in [-0.05, 0) is 43.2 Å². The minimum absolute atomic E-state index is 0.0277. The molecule has 0 radical (unpaired) electrons. The summed E-state index contributed by atoms with van der Waals surface area (Å²) in [5, 5.41) is 6.75. The zero-order valence-corrected chi connectivity index (χ0v) is 14.1. The van der Waals surface area contributed by atoms with Gasteiger partial charge in [0.1, 0.15) is 17.1 Å². The van der Waals surface area contributed by atoms with Crippen LogP contribution in [-0.4, -0.2) is 27.1 Å². The van der Waals surface area contributed by atoms with E-state index in [9.17, 15) is 18.8 Å². The van der Waals surface area contributed by atoms with E-state index in [2.05, 4.69) is 10.4 Å². The standard InChI is InChI=1S/C18H19FN4O3/c19-12-4-6-13(7-5-12)23-15(24)9-8-14(22-23)16(25)21-18(17(20)26)10-2-1-3-11-18/h4-9H,1-3,10-11H2,(H2,20,26)(H,21,25). The number of nitrogens with one attached hydrogen (secondary N) is 1. The Kier molecular flexibility index (Phi) is 4.83. The van der Waals surface area contributed by atoms with Gasteiger partial charge in [0.15, 0.2) is 0 Å². The van der Waals surface area contributed by atoms with Crippen molar-refractivity contribution in [3.8, 4) is 5.69 Å². The molecule has 0 bridgehead atoms. The van der Waals surface area contributed by atoms with E-state index in [-0.39, 0.29) is 5.69 Å². The van der Waals surface area contributed by atoms with Gasteiger partial charge in [0.25, 0.3) is 11.5 Å². The second-order valence-electron chi connectivity index (χ2n) is 6.41. The SMILES string of the molecule is NC(=O)C1(NC(=O)c2ccc(=O)n(-c3ccc(F)cc3)n2)CCCCC1. The maximum atomic E-state index is 13.1. The molecule has 136 valence electrons. The molecule has 1 aliphatic carbocycles. The highest BCUT2D eigenvalue weighted by Crippen LogP contribution is 2.28. The van der Waals surface area contributed by atoms with Gasteiger partial charge in [0.2, 0.25) is 5.91 Å². The number of carbonyl (C=O) groups excluding carboxylic acids is 2. The van der Waals surface area contributed by atoms with Crippen LogP contribution in [0.1, 0.15) is 42.6 Å². The number of hydrogen-bond donors (Lipinski definition) is 2. The fraction of sp³-hybridized carbons (Fsp3) is 0.333. The number of benzene rings is 1. The van der Waals surface area contributed by atoms with E-state index in [4.69, 9.17) is 5.73 Å². The number of hydrogen-bond acceptors (Lipinski definition) is 4. The van der Waals surface area contributed by atoms with Crippen LogP contribution in [0.25, 0.3) is 5.69 Å². The normalized spacial score (nSPS) is 16.0. The highest BCUT2D eigenvalue weighted by molar-refractivity contribution is 5.97. The summed E-state index contributed by atoms with van der Waals surface area (Å²) >= 11 is 0. The summed E-state index contributed by atoms with van der Waals surface area (Å²) in [5.74, 6) is -1.60. The fourth-order valence-corrected chi connectivity index (χ4v) is 3.17. The molecule has 1 aliphatic rings. The zero-order chi connectivity index (χ0) is 18.7.